The molecule has 0 aromatic rings. The van der Waals surface area contributed by atoms with E-state index in [9.17, 15) is 39.3 Å². The average molecular weight is 474 g/mol. The summed E-state index contributed by atoms with van der Waals surface area (Å²) in [5.41, 5.74) is -3.10. The molecule has 34 heavy (non-hydrogen) atoms. The van der Waals surface area contributed by atoms with Gasteiger partial charge < -0.3 is 9.68 Å². The molecule has 0 bridgehead atoms. The zero-order valence-corrected chi connectivity index (χ0v) is 18.6. The van der Waals surface area contributed by atoms with Gasteiger partial charge in [-0.25, -0.2) is 9.59 Å². The van der Waals surface area contributed by atoms with Gasteiger partial charge in [-0.3, -0.25) is 19.2 Å². The lowest BCUT2D eigenvalue weighted by atomic mass is 9.97. The van der Waals surface area contributed by atoms with Gasteiger partial charge in [0.05, 0.1) is 25.0 Å². The molecule has 2 atom stereocenters. The molecular formula is C20H22N6O8. The van der Waals surface area contributed by atoms with Crippen molar-refractivity contribution in [1.82, 2.24) is 10.1 Å². The second-order valence-corrected chi connectivity index (χ2v) is 8.06. The number of hydroxylamine groups is 4. The van der Waals surface area contributed by atoms with Crippen molar-refractivity contribution in [3.63, 3.8) is 0 Å². The third-order valence-corrected chi connectivity index (χ3v) is 5.00. The van der Waals surface area contributed by atoms with Crippen LogP contribution in [0.15, 0.2) is 10.2 Å². The molecule has 14 heteroatoms. The molecule has 0 spiro atoms. The van der Waals surface area contributed by atoms with E-state index in [1.807, 2.05) is 12.1 Å². The second-order valence-electron chi connectivity index (χ2n) is 8.06. The minimum absolute atomic E-state index is 0.0544. The maximum Gasteiger partial charge on any atom is 0.333 e. The zero-order chi connectivity index (χ0) is 25.5. The van der Waals surface area contributed by atoms with Crippen molar-refractivity contribution >= 4 is 35.6 Å². The SMILES string of the molecule is CC(C#N)(CCC(=O)ON1C(=O)CCC1=O)N=NC(C)(C#N)CCC(=O)ON1C(=O)CCC1=O. The van der Waals surface area contributed by atoms with Crippen molar-refractivity contribution in [2.75, 3.05) is 0 Å². The molecule has 4 amide bonds. The van der Waals surface area contributed by atoms with Gasteiger partial charge in [-0.1, -0.05) is 0 Å². The third-order valence-electron chi connectivity index (χ3n) is 5.00. The third kappa shape index (κ3) is 6.65. The van der Waals surface area contributed by atoms with Crippen LogP contribution in [0.3, 0.4) is 0 Å². The number of nitrogens with zero attached hydrogens (tertiary/aromatic N) is 6. The molecule has 0 saturated carbocycles. The molecule has 14 nitrogen and oxygen atoms in total. The Kier molecular flexibility index (Phi) is 8.13. The number of hydrogen-bond donors (Lipinski definition) is 0. The number of rotatable bonds is 10. The molecule has 0 aromatic heterocycles. The minimum Gasteiger partial charge on any atom is -0.330 e. The lowest BCUT2D eigenvalue weighted by Gasteiger charge is -2.20. The molecule has 2 aliphatic heterocycles. The molecule has 2 saturated heterocycles. The van der Waals surface area contributed by atoms with Gasteiger partial charge in [-0.2, -0.15) is 20.8 Å². The molecule has 2 unspecified atom stereocenters. The van der Waals surface area contributed by atoms with Crippen LogP contribution < -0.4 is 0 Å². The number of amides is 4. The predicted molar refractivity (Wildman–Crippen MR) is 106 cm³/mol. The zero-order valence-electron chi connectivity index (χ0n) is 18.6. The molecule has 180 valence electrons. The first kappa shape index (κ1) is 26.1. The van der Waals surface area contributed by atoms with Crippen LogP contribution in [0.1, 0.15) is 65.2 Å². The van der Waals surface area contributed by atoms with Crippen LogP contribution in [0.25, 0.3) is 0 Å². The Morgan fingerprint density at radius 1 is 0.765 bits per heavy atom. The lowest BCUT2D eigenvalue weighted by molar-refractivity contribution is -0.197. The maximum absolute atomic E-state index is 12.0. The first-order valence-corrected chi connectivity index (χ1v) is 10.3. The summed E-state index contributed by atoms with van der Waals surface area (Å²) in [6.45, 7) is 2.71. The molecule has 0 N–H and O–H groups in total. The van der Waals surface area contributed by atoms with Crippen molar-refractivity contribution in [1.29, 1.82) is 10.5 Å². The molecule has 0 radical (unpaired) electrons. The van der Waals surface area contributed by atoms with Gasteiger partial charge in [0.15, 0.2) is 11.1 Å². The molecule has 2 aliphatic rings. The molecule has 2 heterocycles. The summed E-state index contributed by atoms with van der Waals surface area (Å²) in [5.74, 6) is -4.38. The Labute approximate surface area is 194 Å². The number of nitriles is 2. The number of hydrogen-bond acceptors (Lipinski definition) is 12. The fourth-order valence-electron chi connectivity index (χ4n) is 2.78. The molecule has 0 aromatic carbocycles. The van der Waals surface area contributed by atoms with E-state index in [1.165, 1.54) is 13.8 Å². The first-order valence-electron chi connectivity index (χ1n) is 10.3. The lowest BCUT2D eigenvalue weighted by Crippen LogP contribution is -2.33. The standard InChI is InChI=1S/C20H22N6O8/c1-19(11-21,9-7-17(31)33-25-13(27)3-4-14(25)28)23-24-20(2,12-22)10-8-18(32)34-26-15(29)5-6-16(26)30/h3-10H2,1-2H3. The second kappa shape index (κ2) is 10.6. The molecular weight excluding hydrogens is 452 g/mol. The molecule has 0 aliphatic carbocycles. The van der Waals surface area contributed by atoms with E-state index in [1.54, 1.807) is 0 Å². The van der Waals surface area contributed by atoms with Crippen LogP contribution in [-0.4, -0.2) is 56.8 Å². The fraction of sp³-hybridized carbons (Fsp3) is 0.600. The van der Waals surface area contributed by atoms with Gasteiger partial charge in [0.25, 0.3) is 23.6 Å². The smallest absolute Gasteiger partial charge is 0.330 e. The van der Waals surface area contributed by atoms with Crippen LogP contribution in [0, 0.1) is 22.7 Å². The summed E-state index contributed by atoms with van der Waals surface area (Å²) in [6, 6.07) is 3.73. The van der Waals surface area contributed by atoms with E-state index in [0.717, 1.165) is 0 Å². The van der Waals surface area contributed by atoms with Crippen LogP contribution >= 0.6 is 0 Å². The van der Waals surface area contributed by atoms with E-state index in [-0.39, 0.29) is 51.4 Å². The topological polar surface area (TPSA) is 200 Å². The number of carbonyl (C=O) groups is 6. The van der Waals surface area contributed by atoms with Crippen molar-refractivity contribution in [2.24, 2.45) is 10.2 Å². The van der Waals surface area contributed by atoms with E-state index in [2.05, 4.69) is 10.2 Å². The monoisotopic (exact) mass is 474 g/mol. The Hall–Kier alpha value is -4.20. The Morgan fingerprint density at radius 2 is 1.06 bits per heavy atom. The Bertz CT molecular complexity index is 915. The van der Waals surface area contributed by atoms with Gasteiger partial charge in [-0.15, -0.1) is 10.1 Å². The molecule has 2 rings (SSSR count). The van der Waals surface area contributed by atoms with Crippen LogP contribution in [0.4, 0.5) is 0 Å². The Morgan fingerprint density at radius 3 is 1.32 bits per heavy atom. The number of carbonyl (C=O) groups excluding carboxylic acids is 6. The van der Waals surface area contributed by atoms with Gasteiger partial charge in [0, 0.05) is 25.7 Å². The van der Waals surface area contributed by atoms with Gasteiger partial charge in [0.2, 0.25) is 0 Å². The summed E-state index contributed by atoms with van der Waals surface area (Å²) < 4.78 is 0. The minimum atomic E-state index is -1.55. The van der Waals surface area contributed by atoms with Crippen molar-refractivity contribution in [3.05, 3.63) is 0 Å². The predicted octanol–water partition coefficient (Wildman–Crippen LogP) is 0.778. The van der Waals surface area contributed by atoms with E-state index >= 15 is 0 Å². The van der Waals surface area contributed by atoms with Crippen LogP contribution in [0.5, 0.6) is 0 Å². The Balaban J connectivity index is 1.91. The van der Waals surface area contributed by atoms with Crippen molar-refractivity contribution < 1.29 is 38.4 Å². The molecule has 2 fully saturated rings. The summed E-state index contributed by atoms with van der Waals surface area (Å²) in [5, 5.41) is 27.5. The largest absolute Gasteiger partial charge is 0.333 e. The van der Waals surface area contributed by atoms with E-state index < -0.39 is 46.6 Å². The van der Waals surface area contributed by atoms with Crippen LogP contribution in [0.2, 0.25) is 0 Å². The first-order chi connectivity index (χ1) is 15.9. The highest BCUT2D eigenvalue weighted by molar-refractivity contribution is 6.02. The normalized spacial score (nSPS) is 19.5. The average Bonchev–Trinajstić information content (AvgIpc) is 3.30. The highest BCUT2D eigenvalue weighted by Gasteiger charge is 2.35. The van der Waals surface area contributed by atoms with Gasteiger partial charge >= 0.3 is 11.9 Å². The van der Waals surface area contributed by atoms with E-state index in [4.69, 9.17) is 9.68 Å². The van der Waals surface area contributed by atoms with Gasteiger partial charge in [-0.05, 0) is 26.7 Å². The van der Waals surface area contributed by atoms with Crippen molar-refractivity contribution in [2.45, 2.75) is 76.3 Å². The number of imide groups is 2. The summed E-state index contributed by atoms with van der Waals surface area (Å²) in [7, 11) is 0. The van der Waals surface area contributed by atoms with Gasteiger partial charge in [0.1, 0.15) is 0 Å². The fourth-order valence-corrected chi connectivity index (χ4v) is 2.78. The van der Waals surface area contributed by atoms with E-state index in [0.29, 0.717) is 10.1 Å². The quantitative estimate of drug-likeness (QED) is 0.322. The van der Waals surface area contributed by atoms with Crippen LogP contribution in [-0.2, 0) is 38.4 Å². The summed E-state index contributed by atoms with van der Waals surface area (Å²) in [4.78, 5) is 79.4. The maximum atomic E-state index is 12.0. The number of azo groups is 1. The summed E-state index contributed by atoms with van der Waals surface area (Å²) in [6.07, 6.45) is -1.33. The highest BCUT2D eigenvalue weighted by atomic mass is 16.7. The summed E-state index contributed by atoms with van der Waals surface area (Å²) >= 11 is 0. The van der Waals surface area contributed by atoms with Crippen molar-refractivity contribution in [3.8, 4) is 12.1 Å². The highest BCUT2D eigenvalue weighted by Crippen LogP contribution is 2.24.